The summed E-state index contributed by atoms with van der Waals surface area (Å²) >= 11 is 0. The standard InChI is InChI=1S/C19H19F11O/c1-10(2)7-11-5-4-6-12(8-11)13(3,31)9-14(20)15(21,22)17(25,26)19(29,30)18(27,28)16(14,23)24/h4-6,8,10,31H,7,9H2,1-3H3. The van der Waals surface area contributed by atoms with E-state index in [1.54, 1.807) is 13.8 Å². The second-order valence-electron chi connectivity index (χ2n) is 8.42. The summed E-state index contributed by atoms with van der Waals surface area (Å²) < 4.78 is 153. The molecule has 1 aromatic rings. The van der Waals surface area contributed by atoms with Crippen molar-refractivity contribution in [3.8, 4) is 0 Å². The molecule has 0 heterocycles. The molecule has 31 heavy (non-hydrogen) atoms. The van der Waals surface area contributed by atoms with Gasteiger partial charge in [0.1, 0.15) is 0 Å². The molecule has 1 aromatic carbocycles. The van der Waals surface area contributed by atoms with Gasteiger partial charge in [0.25, 0.3) is 5.67 Å². The first-order valence-electron chi connectivity index (χ1n) is 9.00. The van der Waals surface area contributed by atoms with Gasteiger partial charge in [0.15, 0.2) is 0 Å². The van der Waals surface area contributed by atoms with E-state index in [1.165, 1.54) is 12.1 Å². The third kappa shape index (κ3) is 3.22. The molecule has 0 amide bonds. The van der Waals surface area contributed by atoms with Crippen molar-refractivity contribution in [3.63, 3.8) is 0 Å². The van der Waals surface area contributed by atoms with E-state index < -0.39 is 52.9 Å². The molecule has 1 N–H and O–H groups in total. The lowest BCUT2D eigenvalue weighted by atomic mass is 9.67. The SMILES string of the molecule is CC(C)Cc1cccc(C(C)(O)CC2(F)C(F)(F)C(F)(F)C(F)(F)C(F)(F)C2(F)F)c1. The first-order valence-corrected chi connectivity index (χ1v) is 9.00. The van der Waals surface area contributed by atoms with Crippen LogP contribution in [0.1, 0.15) is 38.3 Å². The van der Waals surface area contributed by atoms with E-state index in [4.69, 9.17) is 0 Å². The van der Waals surface area contributed by atoms with Crippen LogP contribution in [0.5, 0.6) is 0 Å². The van der Waals surface area contributed by atoms with Crippen molar-refractivity contribution in [1.82, 2.24) is 0 Å². The summed E-state index contributed by atoms with van der Waals surface area (Å²) in [6.07, 6.45) is -2.40. The van der Waals surface area contributed by atoms with Gasteiger partial charge >= 0.3 is 29.6 Å². The molecule has 0 radical (unpaired) electrons. The lowest BCUT2D eigenvalue weighted by molar-refractivity contribution is -0.488. The largest absolute Gasteiger partial charge is 0.385 e. The van der Waals surface area contributed by atoms with Gasteiger partial charge in [0.2, 0.25) is 0 Å². The van der Waals surface area contributed by atoms with Gasteiger partial charge in [-0.1, -0.05) is 38.1 Å². The first-order chi connectivity index (χ1) is 13.6. The van der Waals surface area contributed by atoms with E-state index in [2.05, 4.69) is 0 Å². The Morgan fingerprint density at radius 1 is 0.774 bits per heavy atom. The molecule has 2 rings (SSSR count). The number of hydrogen-bond acceptors (Lipinski definition) is 1. The van der Waals surface area contributed by atoms with Crippen molar-refractivity contribution in [2.45, 2.75) is 74.5 Å². The lowest BCUT2D eigenvalue weighted by Gasteiger charge is -2.53. The fourth-order valence-corrected chi connectivity index (χ4v) is 3.59. The monoisotopic (exact) mass is 472 g/mol. The second-order valence-corrected chi connectivity index (χ2v) is 8.42. The minimum Gasteiger partial charge on any atom is -0.385 e. The Morgan fingerprint density at radius 2 is 1.19 bits per heavy atom. The number of benzene rings is 1. The van der Waals surface area contributed by atoms with Gasteiger partial charge in [0.05, 0.1) is 5.60 Å². The van der Waals surface area contributed by atoms with Crippen molar-refractivity contribution in [1.29, 1.82) is 0 Å². The highest BCUT2D eigenvalue weighted by Crippen LogP contribution is 2.71. The van der Waals surface area contributed by atoms with Crippen molar-refractivity contribution in [2.75, 3.05) is 0 Å². The van der Waals surface area contributed by atoms with Crippen molar-refractivity contribution >= 4 is 0 Å². The van der Waals surface area contributed by atoms with Crippen LogP contribution >= 0.6 is 0 Å². The van der Waals surface area contributed by atoms with Gasteiger partial charge in [-0.25, -0.2) is 4.39 Å². The van der Waals surface area contributed by atoms with Gasteiger partial charge in [-0.15, -0.1) is 0 Å². The van der Waals surface area contributed by atoms with Crippen LogP contribution in [0.3, 0.4) is 0 Å². The summed E-state index contributed by atoms with van der Waals surface area (Å²) in [6, 6.07) is 4.68. The Labute approximate surface area is 170 Å². The molecule has 0 spiro atoms. The maximum Gasteiger partial charge on any atom is 0.384 e. The van der Waals surface area contributed by atoms with Crippen LogP contribution in [-0.2, 0) is 12.0 Å². The average Bonchev–Trinajstić information content (AvgIpc) is 2.59. The van der Waals surface area contributed by atoms with Gasteiger partial charge in [-0.3, -0.25) is 0 Å². The van der Waals surface area contributed by atoms with Crippen molar-refractivity contribution < 1.29 is 53.4 Å². The molecule has 1 atom stereocenters. The molecule has 0 saturated heterocycles. The normalized spacial score (nSPS) is 27.0. The van der Waals surface area contributed by atoms with Crippen LogP contribution in [0.15, 0.2) is 24.3 Å². The molecule has 1 nitrogen and oxygen atoms in total. The Bertz CT molecular complexity index is 800. The molecular weight excluding hydrogens is 453 g/mol. The molecular formula is C19H19F11O. The Hall–Kier alpha value is -1.59. The topological polar surface area (TPSA) is 20.2 Å². The van der Waals surface area contributed by atoms with E-state index in [0.717, 1.165) is 12.1 Å². The lowest BCUT2D eigenvalue weighted by Crippen LogP contribution is -2.84. The fourth-order valence-electron chi connectivity index (χ4n) is 3.59. The molecule has 1 unspecified atom stereocenters. The molecule has 12 heteroatoms. The van der Waals surface area contributed by atoms with Crippen LogP contribution in [0.2, 0.25) is 0 Å². The zero-order valence-electron chi connectivity index (χ0n) is 16.4. The number of aliphatic hydroxyl groups is 1. The maximum atomic E-state index is 15.0. The summed E-state index contributed by atoms with van der Waals surface area (Å²) in [5.74, 6) is -35.6. The smallest absolute Gasteiger partial charge is 0.384 e. The minimum absolute atomic E-state index is 0.0133. The first kappa shape index (κ1) is 25.7. The predicted octanol–water partition coefficient (Wildman–Crippen LogP) is 6.38. The molecule has 1 aliphatic rings. The highest BCUT2D eigenvalue weighted by molar-refractivity contribution is 5.32. The fraction of sp³-hybridized carbons (Fsp3) is 0.684. The van der Waals surface area contributed by atoms with Crippen LogP contribution in [0.25, 0.3) is 0 Å². The third-order valence-electron chi connectivity index (χ3n) is 5.35. The van der Waals surface area contributed by atoms with E-state index in [-0.39, 0.29) is 5.92 Å². The summed E-state index contributed by atoms with van der Waals surface area (Å²) in [7, 11) is 0. The Morgan fingerprint density at radius 3 is 1.61 bits per heavy atom. The van der Waals surface area contributed by atoms with Crippen LogP contribution < -0.4 is 0 Å². The van der Waals surface area contributed by atoms with Crippen LogP contribution in [0, 0.1) is 5.92 Å². The van der Waals surface area contributed by atoms with E-state index in [0.29, 0.717) is 18.9 Å². The Kier molecular flexibility index (Phi) is 5.76. The number of halogens is 11. The number of rotatable bonds is 5. The molecule has 178 valence electrons. The zero-order valence-corrected chi connectivity index (χ0v) is 16.4. The average molecular weight is 472 g/mol. The van der Waals surface area contributed by atoms with Crippen LogP contribution in [-0.4, -0.2) is 40.4 Å². The molecule has 1 saturated carbocycles. The van der Waals surface area contributed by atoms with Crippen molar-refractivity contribution in [3.05, 3.63) is 35.4 Å². The molecule has 0 aromatic heterocycles. The second kappa shape index (κ2) is 6.95. The molecule has 0 aliphatic heterocycles. The number of alkyl halides is 11. The van der Waals surface area contributed by atoms with Gasteiger partial charge in [-0.2, -0.15) is 43.9 Å². The van der Waals surface area contributed by atoms with Crippen LogP contribution in [0.4, 0.5) is 48.3 Å². The Balaban J connectivity index is 2.65. The van der Waals surface area contributed by atoms with E-state index in [9.17, 15) is 49.0 Å². The van der Waals surface area contributed by atoms with E-state index >= 15 is 4.39 Å². The van der Waals surface area contributed by atoms with Crippen molar-refractivity contribution in [2.24, 2.45) is 5.92 Å². The summed E-state index contributed by atoms with van der Waals surface area (Å²) in [5, 5.41) is 10.4. The van der Waals surface area contributed by atoms with Gasteiger partial charge in [-0.05, 0) is 30.4 Å². The van der Waals surface area contributed by atoms with E-state index in [1.807, 2.05) is 0 Å². The summed E-state index contributed by atoms with van der Waals surface area (Å²) in [5.41, 5.74) is -9.48. The van der Waals surface area contributed by atoms with Gasteiger partial charge < -0.3 is 5.11 Å². The third-order valence-corrected chi connectivity index (χ3v) is 5.35. The number of hydrogen-bond donors (Lipinski definition) is 1. The summed E-state index contributed by atoms with van der Waals surface area (Å²) in [4.78, 5) is 0. The molecule has 1 aliphatic carbocycles. The maximum absolute atomic E-state index is 15.0. The quantitative estimate of drug-likeness (QED) is 0.493. The molecule has 0 bridgehead atoms. The molecule has 1 fully saturated rings. The highest BCUT2D eigenvalue weighted by atomic mass is 19.4. The minimum atomic E-state index is -7.27. The zero-order chi connectivity index (χ0) is 24.5. The van der Waals surface area contributed by atoms with Gasteiger partial charge in [0, 0.05) is 6.42 Å². The summed E-state index contributed by atoms with van der Waals surface area (Å²) in [6.45, 7) is 3.97. The predicted molar refractivity (Wildman–Crippen MR) is 87.7 cm³/mol. The highest BCUT2D eigenvalue weighted by Gasteiger charge is 3.01.